The largest absolute Gasteiger partial charge is 0.545 e. The summed E-state index contributed by atoms with van der Waals surface area (Å²) in [7, 11) is 0. The van der Waals surface area contributed by atoms with Crippen LogP contribution in [0.2, 0.25) is 5.02 Å². The molecule has 2 amide bonds. The molecular formula is C23H16ClN2O5-. The number of carbonyl (C=O) groups is 3. The Morgan fingerprint density at radius 3 is 2.55 bits per heavy atom. The van der Waals surface area contributed by atoms with Crippen LogP contribution in [-0.4, -0.2) is 17.8 Å². The number of aryl methyl sites for hydroxylation is 2. The van der Waals surface area contributed by atoms with Crippen molar-refractivity contribution in [1.29, 1.82) is 0 Å². The third-order valence-corrected chi connectivity index (χ3v) is 5.35. The number of hydrogen-bond acceptors (Lipinski definition) is 5. The molecular weight excluding hydrogens is 420 g/mol. The lowest BCUT2D eigenvalue weighted by molar-refractivity contribution is -0.255. The molecule has 7 nitrogen and oxygen atoms in total. The number of hydrazine groups is 1. The first-order valence-electron chi connectivity index (χ1n) is 9.30. The predicted molar refractivity (Wildman–Crippen MR) is 113 cm³/mol. The van der Waals surface area contributed by atoms with Gasteiger partial charge in [-0.15, -0.1) is 0 Å². The fourth-order valence-corrected chi connectivity index (χ4v) is 3.36. The molecule has 31 heavy (non-hydrogen) atoms. The monoisotopic (exact) mass is 435 g/mol. The van der Waals surface area contributed by atoms with Crippen LogP contribution in [0.5, 0.6) is 0 Å². The van der Waals surface area contributed by atoms with Gasteiger partial charge in [-0.25, -0.2) is 5.01 Å². The Bertz CT molecular complexity index is 1270. The van der Waals surface area contributed by atoms with Crippen LogP contribution in [0.15, 0.2) is 58.5 Å². The highest BCUT2D eigenvalue weighted by Gasteiger charge is 2.34. The molecule has 3 aromatic rings. The van der Waals surface area contributed by atoms with Gasteiger partial charge in [-0.2, -0.15) is 0 Å². The van der Waals surface area contributed by atoms with Gasteiger partial charge in [0, 0.05) is 16.1 Å². The van der Waals surface area contributed by atoms with E-state index in [-0.39, 0.29) is 21.9 Å². The number of carboxylic acids is 1. The van der Waals surface area contributed by atoms with Crippen molar-refractivity contribution in [2.45, 2.75) is 13.8 Å². The molecule has 1 saturated heterocycles. The average molecular weight is 436 g/mol. The Kier molecular flexibility index (Phi) is 5.12. The number of rotatable bonds is 4. The van der Waals surface area contributed by atoms with Crippen molar-refractivity contribution >= 4 is 41.1 Å². The zero-order valence-electron chi connectivity index (χ0n) is 16.6. The Labute approximate surface area is 182 Å². The molecule has 0 atom stereocenters. The van der Waals surface area contributed by atoms with E-state index in [1.54, 1.807) is 24.3 Å². The topological polar surface area (TPSA) is 103 Å². The number of nitrogens with one attached hydrogen (secondary N) is 1. The normalized spacial score (nSPS) is 14.9. The van der Waals surface area contributed by atoms with Gasteiger partial charge in [0.15, 0.2) is 0 Å². The average Bonchev–Trinajstić information content (AvgIpc) is 3.30. The van der Waals surface area contributed by atoms with Crippen LogP contribution in [0.1, 0.15) is 27.2 Å². The van der Waals surface area contributed by atoms with Crippen molar-refractivity contribution in [1.82, 2.24) is 5.43 Å². The second kappa shape index (κ2) is 7.77. The third-order valence-electron chi connectivity index (χ3n) is 5.02. The third kappa shape index (κ3) is 3.83. The zero-order valence-corrected chi connectivity index (χ0v) is 17.3. The standard InChI is InChI=1S/C23H17ClN2O5/c1-12-3-5-15(9-13(12)2)26-22(28)18(21(27)25-26)11-16-6-8-20(31-16)14-4-7-19(24)17(10-14)23(29)30/h3-11H,1-2H3,(H,25,27)(H,29,30)/p-1/b18-11-. The Morgan fingerprint density at radius 2 is 1.84 bits per heavy atom. The van der Waals surface area contributed by atoms with Crippen molar-refractivity contribution in [2.75, 3.05) is 5.01 Å². The number of nitrogens with zero attached hydrogens (tertiary/aromatic N) is 1. The SMILES string of the molecule is Cc1ccc(N2NC(=O)/C(=C/c3ccc(-c4ccc(Cl)c(C(=O)[O-])c4)o3)C2=O)cc1C. The van der Waals surface area contributed by atoms with E-state index in [0.29, 0.717) is 17.0 Å². The molecule has 1 N–H and O–H groups in total. The summed E-state index contributed by atoms with van der Waals surface area (Å²) in [6, 6.07) is 13.0. The molecule has 156 valence electrons. The van der Waals surface area contributed by atoms with Crippen molar-refractivity contribution in [3.63, 3.8) is 0 Å². The molecule has 0 unspecified atom stereocenters. The van der Waals surface area contributed by atoms with Crippen LogP contribution in [0, 0.1) is 13.8 Å². The van der Waals surface area contributed by atoms with E-state index in [4.69, 9.17) is 16.0 Å². The molecule has 0 spiro atoms. The van der Waals surface area contributed by atoms with Crippen LogP contribution < -0.4 is 15.5 Å². The smallest absolute Gasteiger partial charge is 0.282 e. The molecule has 2 heterocycles. The summed E-state index contributed by atoms with van der Waals surface area (Å²) in [6.07, 6.45) is 1.35. The van der Waals surface area contributed by atoms with Gasteiger partial charge in [0.25, 0.3) is 11.8 Å². The van der Waals surface area contributed by atoms with Gasteiger partial charge in [0.1, 0.15) is 17.1 Å². The zero-order chi connectivity index (χ0) is 22.3. The van der Waals surface area contributed by atoms with Crippen LogP contribution >= 0.6 is 11.6 Å². The number of hydrogen-bond donors (Lipinski definition) is 1. The van der Waals surface area contributed by atoms with Gasteiger partial charge in [0.05, 0.1) is 11.7 Å². The number of carboxylic acid groups (broad SMARTS) is 1. The van der Waals surface area contributed by atoms with E-state index in [0.717, 1.165) is 11.1 Å². The predicted octanol–water partition coefficient (Wildman–Crippen LogP) is 3.04. The fourth-order valence-electron chi connectivity index (χ4n) is 3.17. The second-order valence-electron chi connectivity index (χ2n) is 7.09. The number of anilines is 1. The van der Waals surface area contributed by atoms with Crippen LogP contribution in [-0.2, 0) is 9.59 Å². The maximum Gasteiger partial charge on any atom is 0.282 e. The molecule has 0 saturated carbocycles. The van der Waals surface area contributed by atoms with E-state index in [1.807, 2.05) is 26.0 Å². The van der Waals surface area contributed by atoms with Gasteiger partial charge in [-0.05, 0) is 73.5 Å². The number of benzene rings is 2. The van der Waals surface area contributed by atoms with Gasteiger partial charge in [-0.1, -0.05) is 17.7 Å². The van der Waals surface area contributed by atoms with Gasteiger partial charge < -0.3 is 14.3 Å². The van der Waals surface area contributed by atoms with E-state index in [1.165, 1.54) is 23.2 Å². The van der Waals surface area contributed by atoms with E-state index < -0.39 is 17.8 Å². The van der Waals surface area contributed by atoms with Gasteiger partial charge in [-0.3, -0.25) is 15.0 Å². The summed E-state index contributed by atoms with van der Waals surface area (Å²) in [6.45, 7) is 3.88. The van der Waals surface area contributed by atoms with Crippen molar-refractivity contribution in [2.24, 2.45) is 0 Å². The molecule has 1 aliphatic heterocycles. The maximum atomic E-state index is 12.8. The molecule has 2 aromatic carbocycles. The molecule has 1 fully saturated rings. The first-order chi connectivity index (χ1) is 14.7. The molecule has 0 aliphatic carbocycles. The number of halogens is 1. The van der Waals surface area contributed by atoms with Crippen molar-refractivity contribution < 1.29 is 23.9 Å². The Balaban J connectivity index is 1.62. The molecule has 0 radical (unpaired) electrons. The molecule has 8 heteroatoms. The maximum absolute atomic E-state index is 12.8. The van der Waals surface area contributed by atoms with E-state index >= 15 is 0 Å². The summed E-state index contributed by atoms with van der Waals surface area (Å²) in [4.78, 5) is 36.4. The fraction of sp³-hybridized carbons (Fsp3) is 0.0870. The Hall–Kier alpha value is -3.84. The summed E-state index contributed by atoms with van der Waals surface area (Å²) in [5.74, 6) is -1.84. The van der Waals surface area contributed by atoms with E-state index in [9.17, 15) is 19.5 Å². The summed E-state index contributed by atoms with van der Waals surface area (Å²) < 4.78 is 5.70. The van der Waals surface area contributed by atoms with Crippen LogP contribution in [0.3, 0.4) is 0 Å². The minimum Gasteiger partial charge on any atom is -0.545 e. The summed E-state index contributed by atoms with van der Waals surface area (Å²) in [5.41, 5.74) is 5.40. The lowest BCUT2D eigenvalue weighted by Crippen LogP contribution is -2.35. The number of carbonyl (C=O) groups excluding carboxylic acids is 3. The molecule has 0 bridgehead atoms. The quantitative estimate of drug-likeness (QED) is 0.501. The van der Waals surface area contributed by atoms with Gasteiger partial charge in [0.2, 0.25) is 0 Å². The summed E-state index contributed by atoms with van der Waals surface area (Å²) in [5, 5.41) is 12.4. The first-order valence-corrected chi connectivity index (χ1v) is 9.68. The van der Waals surface area contributed by atoms with E-state index in [2.05, 4.69) is 5.43 Å². The summed E-state index contributed by atoms with van der Waals surface area (Å²) >= 11 is 5.86. The van der Waals surface area contributed by atoms with Gasteiger partial charge >= 0.3 is 0 Å². The first kappa shape index (κ1) is 20.4. The lowest BCUT2D eigenvalue weighted by atomic mass is 10.1. The minimum absolute atomic E-state index is 0.0531. The lowest BCUT2D eigenvalue weighted by Gasteiger charge is -2.15. The highest BCUT2D eigenvalue weighted by molar-refractivity contribution is 6.33. The van der Waals surface area contributed by atoms with Crippen LogP contribution in [0.25, 0.3) is 17.4 Å². The second-order valence-corrected chi connectivity index (χ2v) is 7.50. The number of furan rings is 1. The highest BCUT2D eigenvalue weighted by atomic mass is 35.5. The molecule has 1 aliphatic rings. The van der Waals surface area contributed by atoms with Crippen LogP contribution in [0.4, 0.5) is 5.69 Å². The van der Waals surface area contributed by atoms with Crippen molar-refractivity contribution in [3.8, 4) is 11.3 Å². The number of aromatic carboxylic acids is 1. The Morgan fingerprint density at radius 1 is 1.06 bits per heavy atom. The van der Waals surface area contributed by atoms with Crippen molar-refractivity contribution in [3.05, 3.63) is 81.6 Å². The molecule has 4 rings (SSSR count). The minimum atomic E-state index is -1.40. The number of amides is 2. The molecule has 1 aromatic heterocycles. The highest BCUT2D eigenvalue weighted by Crippen LogP contribution is 2.29.